The van der Waals surface area contributed by atoms with E-state index < -0.39 is 0 Å². The van der Waals surface area contributed by atoms with Crippen LogP contribution in [-0.4, -0.2) is 24.0 Å². The minimum Gasteiger partial charge on any atom is -0.373 e. The van der Waals surface area contributed by atoms with Gasteiger partial charge in [0.2, 0.25) is 0 Å². The molecule has 72 valence electrons. The van der Waals surface area contributed by atoms with E-state index in [-0.39, 0.29) is 12.4 Å². The molecule has 0 aliphatic rings. The Morgan fingerprint density at radius 2 is 2.46 bits per heavy atom. The van der Waals surface area contributed by atoms with Crippen LogP contribution in [0.4, 0.5) is 0 Å². The van der Waals surface area contributed by atoms with Crippen LogP contribution in [0.15, 0.2) is 5.51 Å². The van der Waals surface area contributed by atoms with E-state index in [9.17, 15) is 4.79 Å². The first-order chi connectivity index (χ1) is 6.25. The molecule has 0 amide bonds. The molecular formula is C9H13NO2S. The van der Waals surface area contributed by atoms with Crippen molar-refractivity contribution in [3.8, 4) is 0 Å². The molecular weight excluding hydrogens is 186 g/mol. The minimum atomic E-state index is 0.0356. The lowest BCUT2D eigenvalue weighted by Gasteiger charge is -1.99. The lowest BCUT2D eigenvalue weighted by atomic mass is 10.3. The van der Waals surface area contributed by atoms with Crippen LogP contribution >= 0.6 is 11.3 Å². The van der Waals surface area contributed by atoms with Gasteiger partial charge in [0.1, 0.15) is 6.61 Å². The van der Waals surface area contributed by atoms with Crippen molar-refractivity contribution in [1.29, 1.82) is 0 Å². The Bertz CT molecular complexity index is 283. The third kappa shape index (κ3) is 2.90. The largest absolute Gasteiger partial charge is 0.373 e. The minimum absolute atomic E-state index is 0.0356. The summed E-state index contributed by atoms with van der Waals surface area (Å²) in [6.07, 6.45) is 0.939. The summed E-state index contributed by atoms with van der Waals surface area (Å²) < 4.78 is 5.15. The number of ketones is 1. The maximum absolute atomic E-state index is 11.4. The second-order valence-corrected chi connectivity index (χ2v) is 3.60. The van der Waals surface area contributed by atoms with Gasteiger partial charge in [0.05, 0.1) is 16.1 Å². The van der Waals surface area contributed by atoms with Gasteiger partial charge in [0.15, 0.2) is 5.78 Å². The van der Waals surface area contributed by atoms with E-state index in [1.54, 1.807) is 5.51 Å². The predicted octanol–water partition coefficient (Wildman–Crippen LogP) is 2.06. The lowest BCUT2D eigenvalue weighted by molar-refractivity contribution is 0.0764. The molecule has 0 radical (unpaired) electrons. The van der Waals surface area contributed by atoms with Crippen molar-refractivity contribution >= 4 is 17.1 Å². The van der Waals surface area contributed by atoms with E-state index in [4.69, 9.17) is 4.74 Å². The van der Waals surface area contributed by atoms with E-state index in [0.29, 0.717) is 6.61 Å². The number of aromatic nitrogens is 1. The predicted molar refractivity (Wildman–Crippen MR) is 52.3 cm³/mol. The highest BCUT2D eigenvalue weighted by Crippen LogP contribution is 2.12. The molecule has 0 spiro atoms. The van der Waals surface area contributed by atoms with Crippen LogP contribution < -0.4 is 0 Å². The Kier molecular flexibility index (Phi) is 4.05. The van der Waals surface area contributed by atoms with Crippen LogP contribution in [0.5, 0.6) is 0 Å². The molecule has 0 N–H and O–H groups in total. The highest BCUT2D eigenvalue weighted by molar-refractivity contribution is 7.11. The van der Waals surface area contributed by atoms with Gasteiger partial charge in [-0.1, -0.05) is 6.92 Å². The standard InChI is InChI=1S/C9H13NO2S/c1-3-4-12-5-8(11)9-7(2)10-6-13-9/h6H,3-5H2,1-2H3. The van der Waals surface area contributed by atoms with Crippen LogP contribution in [0.3, 0.4) is 0 Å². The van der Waals surface area contributed by atoms with Crippen LogP contribution in [0, 0.1) is 6.92 Å². The summed E-state index contributed by atoms with van der Waals surface area (Å²) in [5.74, 6) is 0.0356. The number of nitrogens with zero attached hydrogens (tertiary/aromatic N) is 1. The Morgan fingerprint density at radius 1 is 1.69 bits per heavy atom. The summed E-state index contributed by atoms with van der Waals surface area (Å²) in [5.41, 5.74) is 2.48. The molecule has 1 rings (SSSR count). The highest BCUT2D eigenvalue weighted by atomic mass is 32.1. The Balaban J connectivity index is 2.45. The van der Waals surface area contributed by atoms with Gasteiger partial charge in [0, 0.05) is 6.61 Å². The van der Waals surface area contributed by atoms with Gasteiger partial charge in [-0.05, 0) is 13.3 Å². The Labute approximate surface area is 81.8 Å². The van der Waals surface area contributed by atoms with E-state index in [1.165, 1.54) is 11.3 Å². The third-order valence-corrected chi connectivity index (χ3v) is 2.55. The van der Waals surface area contributed by atoms with Gasteiger partial charge in [-0.3, -0.25) is 4.79 Å². The Morgan fingerprint density at radius 3 is 3.00 bits per heavy atom. The molecule has 0 aliphatic heterocycles. The molecule has 0 aromatic carbocycles. The van der Waals surface area contributed by atoms with Gasteiger partial charge in [0.25, 0.3) is 0 Å². The van der Waals surface area contributed by atoms with E-state index in [0.717, 1.165) is 17.0 Å². The molecule has 1 aromatic heterocycles. The lowest BCUT2D eigenvalue weighted by Crippen LogP contribution is -2.09. The summed E-state index contributed by atoms with van der Waals surface area (Å²) in [6, 6.07) is 0. The molecule has 0 fully saturated rings. The maximum atomic E-state index is 11.4. The monoisotopic (exact) mass is 199 g/mol. The van der Waals surface area contributed by atoms with Crippen molar-refractivity contribution in [3.63, 3.8) is 0 Å². The number of ether oxygens (including phenoxy) is 1. The summed E-state index contributed by atoms with van der Waals surface area (Å²) in [4.78, 5) is 16.2. The molecule has 4 heteroatoms. The molecule has 1 aromatic rings. The summed E-state index contributed by atoms with van der Waals surface area (Å²) in [7, 11) is 0. The Hall–Kier alpha value is -0.740. The van der Waals surface area contributed by atoms with Gasteiger partial charge >= 0.3 is 0 Å². The molecule has 0 atom stereocenters. The van der Waals surface area contributed by atoms with Crippen molar-refractivity contribution in [3.05, 3.63) is 16.1 Å². The fourth-order valence-corrected chi connectivity index (χ4v) is 1.67. The quantitative estimate of drug-likeness (QED) is 0.538. The first-order valence-corrected chi connectivity index (χ1v) is 5.14. The summed E-state index contributed by atoms with van der Waals surface area (Å²) in [5, 5.41) is 0. The molecule has 0 unspecified atom stereocenters. The van der Waals surface area contributed by atoms with Crippen LogP contribution in [0.2, 0.25) is 0 Å². The smallest absolute Gasteiger partial charge is 0.200 e. The van der Waals surface area contributed by atoms with Crippen molar-refractivity contribution < 1.29 is 9.53 Å². The molecule has 0 bridgehead atoms. The van der Waals surface area contributed by atoms with Gasteiger partial charge < -0.3 is 4.74 Å². The number of hydrogen-bond acceptors (Lipinski definition) is 4. The van der Waals surface area contributed by atoms with Crippen molar-refractivity contribution in [1.82, 2.24) is 4.98 Å². The number of thiazole rings is 1. The van der Waals surface area contributed by atoms with Crippen molar-refractivity contribution in [2.24, 2.45) is 0 Å². The molecule has 0 saturated heterocycles. The average Bonchev–Trinajstić information content (AvgIpc) is 2.52. The zero-order chi connectivity index (χ0) is 9.68. The third-order valence-electron chi connectivity index (χ3n) is 1.58. The molecule has 0 aliphatic carbocycles. The van der Waals surface area contributed by atoms with Crippen LogP contribution in [-0.2, 0) is 4.74 Å². The molecule has 3 nitrogen and oxygen atoms in total. The first-order valence-electron chi connectivity index (χ1n) is 4.26. The SMILES string of the molecule is CCCOCC(=O)c1scnc1C. The fourth-order valence-electron chi connectivity index (χ4n) is 0.944. The zero-order valence-corrected chi connectivity index (χ0v) is 8.69. The number of rotatable bonds is 5. The van der Waals surface area contributed by atoms with E-state index in [2.05, 4.69) is 4.98 Å². The number of carbonyl (C=O) groups excluding carboxylic acids is 1. The summed E-state index contributed by atoms with van der Waals surface area (Å²) >= 11 is 1.38. The van der Waals surface area contributed by atoms with Gasteiger partial charge in [-0.15, -0.1) is 11.3 Å². The van der Waals surface area contributed by atoms with Crippen molar-refractivity contribution in [2.45, 2.75) is 20.3 Å². The molecule has 13 heavy (non-hydrogen) atoms. The zero-order valence-electron chi connectivity index (χ0n) is 7.87. The van der Waals surface area contributed by atoms with Crippen molar-refractivity contribution in [2.75, 3.05) is 13.2 Å². The number of hydrogen-bond donors (Lipinski definition) is 0. The second kappa shape index (κ2) is 5.09. The van der Waals surface area contributed by atoms with E-state index in [1.807, 2.05) is 13.8 Å². The van der Waals surface area contributed by atoms with Gasteiger partial charge in [-0.25, -0.2) is 4.98 Å². The summed E-state index contributed by atoms with van der Waals surface area (Å²) in [6.45, 7) is 4.67. The number of aryl methyl sites for hydroxylation is 1. The average molecular weight is 199 g/mol. The topological polar surface area (TPSA) is 39.2 Å². The van der Waals surface area contributed by atoms with E-state index >= 15 is 0 Å². The number of Topliss-reactive ketones (excluding diaryl/α,β-unsaturated/α-hetero) is 1. The molecule has 0 saturated carbocycles. The van der Waals surface area contributed by atoms with Crippen LogP contribution in [0.1, 0.15) is 28.7 Å². The normalized spacial score (nSPS) is 10.3. The number of carbonyl (C=O) groups is 1. The fraction of sp³-hybridized carbons (Fsp3) is 0.556. The van der Waals surface area contributed by atoms with Crippen LogP contribution in [0.25, 0.3) is 0 Å². The second-order valence-electron chi connectivity index (χ2n) is 2.74. The highest BCUT2D eigenvalue weighted by Gasteiger charge is 2.10. The first kappa shape index (κ1) is 10.3. The van der Waals surface area contributed by atoms with Gasteiger partial charge in [-0.2, -0.15) is 0 Å². The molecule has 1 heterocycles. The maximum Gasteiger partial charge on any atom is 0.200 e.